The zero-order valence-corrected chi connectivity index (χ0v) is 12.9. The summed E-state index contributed by atoms with van der Waals surface area (Å²) in [5, 5.41) is 0. The molecule has 0 heterocycles. The van der Waals surface area contributed by atoms with Crippen molar-refractivity contribution in [2.24, 2.45) is 0 Å². The summed E-state index contributed by atoms with van der Waals surface area (Å²) < 4.78 is 18.3. The Bertz CT molecular complexity index is 673. The summed E-state index contributed by atoms with van der Waals surface area (Å²) in [7, 11) is 1.27. The molecule has 0 bridgehead atoms. The standard InChI is InChI=1S/C18H18FNO3/c1-23-18(22)13-20(12-14-7-3-2-4-8-14)17(21)11-15-9-5-6-10-16(15)19/h2-10H,11-13H2,1H3. The average molecular weight is 315 g/mol. The zero-order chi connectivity index (χ0) is 16.7. The summed E-state index contributed by atoms with van der Waals surface area (Å²) >= 11 is 0. The second-order valence-electron chi connectivity index (χ2n) is 5.08. The predicted octanol–water partition coefficient (Wildman–Crippen LogP) is 2.57. The molecule has 0 aliphatic heterocycles. The Labute approximate surface area is 134 Å². The number of rotatable bonds is 6. The van der Waals surface area contributed by atoms with E-state index in [9.17, 15) is 14.0 Å². The highest BCUT2D eigenvalue weighted by Crippen LogP contribution is 2.11. The van der Waals surface area contributed by atoms with Crippen molar-refractivity contribution in [3.05, 3.63) is 71.5 Å². The maximum atomic E-state index is 13.7. The summed E-state index contributed by atoms with van der Waals surface area (Å²) in [6, 6.07) is 15.4. The molecular weight excluding hydrogens is 297 g/mol. The maximum Gasteiger partial charge on any atom is 0.325 e. The molecular formula is C18H18FNO3. The fourth-order valence-electron chi connectivity index (χ4n) is 2.17. The largest absolute Gasteiger partial charge is 0.468 e. The lowest BCUT2D eigenvalue weighted by Gasteiger charge is -2.22. The molecule has 23 heavy (non-hydrogen) atoms. The molecule has 1 amide bonds. The number of esters is 1. The number of benzene rings is 2. The molecule has 2 rings (SSSR count). The molecule has 2 aromatic rings. The highest BCUT2D eigenvalue weighted by atomic mass is 19.1. The maximum absolute atomic E-state index is 13.7. The molecule has 0 aliphatic carbocycles. The quantitative estimate of drug-likeness (QED) is 0.770. The van der Waals surface area contributed by atoms with E-state index in [4.69, 9.17) is 0 Å². The topological polar surface area (TPSA) is 46.6 Å². The van der Waals surface area contributed by atoms with Gasteiger partial charge in [-0.15, -0.1) is 0 Å². The Morgan fingerprint density at radius 3 is 2.35 bits per heavy atom. The third kappa shape index (κ3) is 4.92. The van der Waals surface area contributed by atoms with E-state index in [1.807, 2.05) is 30.3 Å². The normalized spacial score (nSPS) is 10.2. The first-order valence-corrected chi connectivity index (χ1v) is 7.22. The Morgan fingerprint density at radius 1 is 1.04 bits per heavy atom. The fraction of sp³-hybridized carbons (Fsp3) is 0.222. The molecule has 4 nitrogen and oxygen atoms in total. The summed E-state index contributed by atoms with van der Waals surface area (Å²) in [4.78, 5) is 25.4. The molecule has 0 saturated carbocycles. The number of carbonyl (C=O) groups excluding carboxylic acids is 2. The molecule has 0 spiro atoms. The molecule has 0 radical (unpaired) electrons. The van der Waals surface area contributed by atoms with Gasteiger partial charge in [-0.25, -0.2) is 4.39 Å². The first-order chi connectivity index (χ1) is 11.1. The van der Waals surface area contributed by atoms with Crippen molar-refractivity contribution in [3.63, 3.8) is 0 Å². The van der Waals surface area contributed by atoms with E-state index in [0.717, 1.165) is 5.56 Å². The molecule has 2 aromatic carbocycles. The van der Waals surface area contributed by atoms with Gasteiger partial charge in [0.05, 0.1) is 13.5 Å². The van der Waals surface area contributed by atoms with Crippen molar-refractivity contribution in [2.45, 2.75) is 13.0 Å². The predicted molar refractivity (Wildman–Crippen MR) is 84.0 cm³/mol. The lowest BCUT2D eigenvalue weighted by molar-refractivity contribution is -0.147. The van der Waals surface area contributed by atoms with E-state index < -0.39 is 11.8 Å². The summed E-state index contributed by atoms with van der Waals surface area (Å²) in [6.07, 6.45) is -0.101. The van der Waals surface area contributed by atoms with Crippen molar-refractivity contribution in [1.82, 2.24) is 4.90 Å². The molecule has 0 fully saturated rings. The molecule has 0 aliphatic rings. The Hall–Kier alpha value is -2.69. The summed E-state index contributed by atoms with van der Waals surface area (Å²) in [6.45, 7) is 0.0991. The van der Waals surface area contributed by atoms with Gasteiger partial charge in [0.25, 0.3) is 0 Å². The number of nitrogens with zero attached hydrogens (tertiary/aromatic N) is 1. The van der Waals surface area contributed by atoms with E-state index in [1.165, 1.54) is 18.1 Å². The van der Waals surface area contributed by atoms with Gasteiger partial charge in [0.1, 0.15) is 12.4 Å². The number of hydrogen-bond acceptors (Lipinski definition) is 3. The Kier molecular flexibility index (Phi) is 5.86. The van der Waals surface area contributed by atoms with Crippen LogP contribution in [0.1, 0.15) is 11.1 Å². The Balaban J connectivity index is 2.13. The molecule has 0 unspecified atom stereocenters. The molecule has 5 heteroatoms. The van der Waals surface area contributed by atoms with Gasteiger partial charge in [0, 0.05) is 6.54 Å². The third-order valence-electron chi connectivity index (χ3n) is 3.42. The van der Waals surface area contributed by atoms with Crippen LogP contribution in [0, 0.1) is 5.82 Å². The van der Waals surface area contributed by atoms with Crippen LogP contribution in [-0.2, 0) is 27.3 Å². The average Bonchev–Trinajstić information content (AvgIpc) is 2.57. The van der Waals surface area contributed by atoms with Crippen LogP contribution in [0.3, 0.4) is 0 Å². The van der Waals surface area contributed by atoms with Gasteiger partial charge in [-0.2, -0.15) is 0 Å². The van der Waals surface area contributed by atoms with Crippen LogP contribution in [0.15, 0.2) is 54.6 Å². The van der Waals surface area contributed by atoms with Gasteiger partial charge in [-0.05, 0) is 17.2 Å². The van der Waals surface area contributed by atoms with Gasteiger partial charge in [0.15, 0.2) is 0 Å². The van der Waals surface area contributed by atoms with Crippen molar-refractivity contribution in [3.8, 4) is 0 Å². The van der Waals surface area contributed by atoms with E-state index in [0.29, 0.717) is 5.56 Å². The minimum absolute atomic E-state index is 0.101. The zero-order valence-electron chi connectivity index (χ0n) is 12.9. The van der Waals surface area contributed by atoms with E-state index in [-0.39, 0.29) is 25.4 Å². The van der Waals surface area contributed by atoms with Gasteiger partial charge in [-0.1, -0.05) is 48.5 Å². The number of hydrogen-bond donors (Lipinski definition) is 0. The van der Waals surface area contributed by atoms with Crippen LogP contribution < -0.4 is 0 Å². The Morgan fingerprint density at radius 2 is 1.70 bits per heavy atom. The highest BCUT2D eigenvalue weighted by molar-refractivity contribution is 5.83. The lowest BCUT2D eigenvalue weighted by Crippen LogP contribution is -2.36. The number of amides is 1. The molecule has 120 valence electrons. The highest BCUT2D eigenvalue weighted by Gasteiger charge is 2.19. The van der Waals surface area contributed by atoms with E-state index in [2.05, 4.69) is 4.74 Å². The van der Waals surface area contributed by atoms with Crippen LogP contribution in [0.4, 0.5) is 4.39 Å². The van der Waals surface area contributed by atoms with Crippen molar-refractivity contribution < 1.29 is 18.7 Å². The second-order valence-corrected chi connectivity index (χ2v) is 5.08. The van der Waals surface area contributed by atoms with Crippen LogP contribution in [-0.4, -0.2) is 30.4 Å². The van der Waals surface area contributed by atoms with Gasteiger partial charge < -0.3 is 9.64 Å². The third-order valence-corrected chi connectivity index (χ3v) is 3.42. The minimum Gasteiger partial charge on any atom is -0.468 e. The fourth-order valence-corrected chi connectivity index (χ4v) is 2.17. The molecule has 0 atom stereocenters. The first-order valence-electron chi connectivity index (χ1n) is 7.22. The van der Waals surface area contributed by atoms with Crippen molar-refractivity contribution in [1.29, 1.82) is 0 Å². The van der Waals surface area contributed by atoms with Crippen LogP contribution in [0.2, 0.25) is 0 Å². The molecule has 0 N–H and O–H groups in total. The second kappa shape index (κ2) is 8.08. The lowest BCUT2D eigenvalue weighted by atomic mass is 10.1. The number of halogens is 1. The SMILES string of the molecule is COC(=O)CN(Cc1ccccc1)C(=O)Cc1ccccc1F. The van der Waals surface area contributed by atoms with Crippen LogP contribution in [0.5, 0.6) is 0 Å². The first kappa shape index (κ1) is 16.7. The van der Waals surface area contributed by atoms with E-state index >= 15 is 0 Å². The van der Waals surface area contributed by atoms with Gasteiger partial charge >= 0.3 is 5.97 Å². The van der Waals surface area contributed by atoms with Crippen molar-refractivity contribution in [2.75, 3.05) is 13.7 Å². The van der Waals surface area contributed by atoms with Crippen LogP contribution >= 0.6 is 0 Å². The smallest absolute Gasteiger partial charge is 0.325 e. The van der Waals surface area contributed by atoms with Gasteiger partial charge in [-0.3, -0.25) is 9.59 Å². The summed E-state index contributed by atoms with van der Waals surface area (Å²) in [5.74, 6) is -1.27. The summed E-state index contributed by atoms with van der Waals surface area (Å²) in [5.41, 5.74) is 1.19. The number of methoxy groups -OCH3 is 1. The minimum atomic E-state index is -0.511. The van der Waals surface area contributed by atoms with Gasteiger partial charge in [0.2, 0.25) is 5.91 Å². The monoisotopic (exact) mass is 315 g/mol. The molecule has 0 aromatic heterocycles. The van der Waals surface area contributed by atoms with E-state index in [1.54, 1.807) is 18.2 Å². The number of carbonyl (C=O) groups is 2. The van der Waals surface area contributed by atoms with Crippen molar-refractivity contribution >= 4 is 11.9 Å². The number of ether oxygens (including phenoxy) is 1. The van der Waals surface area contributed by atoms with Crippen LogP contribution in [0.25, 0.3) is 0 Å². The molecule has 0 saturated heterocycles.